The second-order valence-electron chi connectivity index (χ2n) is 6.34. The average Bonchev–Trinajstić information content (AvgIpc) is 2.98. The summed E-state index contributed by atoms with van der Waals surface area (Å²) in [6.45, 7) is 2.40. The molecule has 0 spiro atoms. The van der Waals surface area contributed by atoms with Gasteiger partial charge in [0.1, 0.15) is 0 Å². The maximum Gasteiger partial charge on any atom is 0.0820 e. The van der Waals surface area contributed by atoms with Gasteiger partial charge in [0, 0.05) is 0 Å². The van der Waals surface area contributed by atoms with Gasteiger partial charge in [-0.25, -0.2) is 4.68 Å². The molecule has 1 saturated carbocycles. The fraction of sp³-hybridized carbons (Fsp3) is 0.529. The maximum atomic E-state index is 4.31. The highest BCUT2D eigenvalue weighted by Crippen LogP contribution is 2.45. The van der Waals surface area contributed by atoms with Gasteiger partial charge in [-0.3, -0.25) is 0 Å². The molecule has 0 saturated heterocycles. The first-order chi connectivity index (χ1) is 10.2. The Hall–Kier alpha value is -1.68. The van der Waals surface area contributed by atoms with Crippen molar-refractivity contribution in [3.8, 4) is 5.69 Å². The molecule has 112 valence electrons. The summed E-state index contributed by atoms with van der Waals surface area (Å²) in [5.41, 5.74) is 2.51. The van der Waals surface area contributed by atoms with Gasteiger partial charge in [0.15, 0.2) is 0 Å². The monoisotopic (exact) mass is 284 g/mol. The zero-order chi connectivity index (χ0) is 14.7. The van der Waals surface area contributed by atoms with Crippen LogP contribution in [0.4, 0.5) is 0 Å². The van der Waals surface area contributed by atoms with E-state index >= 15 is 0 Å². The van der Waals surface area contributed by atoms with Crippen LogP contribution in [0.3, 0.4) is 0 Å². The minimum Gasteiger partial charge on any atom is -0.311 e. The molecule has 3 rings (SSSR count). The van der Waals surface area contributed by atoms with E-state index in [-0.39, 0.29) is 11.5 Å². The minimum atomic E-state index is 0.279. The van der Waals surface area contributed by atoms with Crippen molar-refractivity contribution in [1.29, 1.82) is 0 Å². The molecule has 0 amide bonds. The summed E-state index contributed by atoms with van der Waals surface area (Å²) in [7, 11) is 2.05. The predicted octanol–water partition coefficient (Wildman–Crippen LogP) is 3.50. The topological polar surface area (TPSA) is 42.7 Å². The fourth-order valence-corrected chi connectivity index (χ4v) is 3.71. The first-order valence-electron chi connectivity index (χ1n) is 7.88. The highest BCUT2D eigenvalue weighted by molar-refractivity contribution is 5.32. The van der Waals surface area contributed by atoms with Crippen LogP contribution in [0.5, 0.6) is 0 Å². The molecule has 0 bridgehead atoms. The van der Waals surface area contributed by atoms with E-state index in [9.17, 15) is 0 Å². The Morgan fingerprint density at radius 1 is 1.14 bits per heavy atom. The van der Waals surface area contributed by atoms with Crippen LogP contribution in [0.2, 0.25) is 0 Å². The Morgan fingerprint density at radius 2 is 1.86 bits per heavy atom. The van der Waals surface area contributed by atoms with Gasteiger partial charge < -0.3 is 5.32 Å². The molecule has 4 nitrogen and oxygen atoms in total. The van der Waals surface area contributed by atoms with Gasteiger partial charge in [0.25, 0.3) is 0 Å². The Bertz CT molecular complexity index is 569. The third-order valence-electron chi connectivity index (χ3n) is 4.85. The van der Waals surface area contributed by atoms with Crippen molar-refractivity contribution in [2.24, 2.45) is 5.41 Å². The van der Waals surface area contributed by atoms with Gasteiger partial charge in [-0.2, -0.15) is 0 Å². The van der Waals surface area contributed by atoms with Crippen molar-refractivity contribution in [3.63, 3.8) is 0 Å². The summed E-state index contributed by atoms with van der Waals surface area (Å²) in [4.78, 5) is 0. The van der Waals surface area contributed by atoms with E-state index in [1.54, 1.807) is 0 Å². The van der Waals surface area contributed by atoms with Crippen LogP contribution < -0.4 is 5.32 Å². The lowest BCUT2D eigenvalue weighted by Gasteiger charge is -2.40. The summed E-state index contributed by atoms with van der Waals surface area (Å²) in [6.07, 6.45) is 8.44. The molecule has 21 heavy (non-hydrogen) atoms. The van der Waals surface area contributed by atoms with Crippen LogP contribution in [-0.2, 0) is 0 Å². The molecule has 1 heterocycles. The Labute approximate surface area is 126 Å². The zero-order valence-electron chi connectivity index (χ0n) is 12.9. The number of hydrogen-bond acceptors (Lipinski definition) is 3. The lowest BCUT2D eigenvalue weighted by molar-refractivity contribution is 0.146. The molecule has 0 radical (unpaired) electrons. The quantitative estimate of drug-likeness (QED) is 0.934. The molecule has 1 aliphatic carbocycles. The van der Waals surface area contributed by atoms with E-state index in [1.165, 1.54) is 32.1 Å². The molecule has 1 aliphatic rings. The highest BCUT2D eigenvalue weighted by atomic mass is 15.4. The van der Waals surface area contributed by atoms with Crippen molar-refractivity contribution in [3.05, 3.63) is 42.2 Å². The number of para-hydroxylation sites is 1. The van der Waals surface area contributed by atoms with Gasteiger partial charge >= 0.3 is 0 Å². The van der Waals surface area contributed by atoms with E-state index in [4.69, 9.17) is 0 Å². The molecule has 0 aliphatic heterocycles. The van der Waals surface area contributed by atoms with Crippen molar-refractivity contribution in [1.82, 2.24) is 20.3 Å². The molecule has 1 aromatic heterocycles. The first-order valence-corrected chi connectivity index (χ1v) is 7.88. The summed E-state index contributed by atoms with van der Waals surface area (Å²) in [5.74, 6) is 0. The van der Waals surface area contributed by atoms with Crippen LogP contribution in [-0.4, -0.2) is 22.0 Å². The summed E-state index contributed by atoms with van der Waals surface area (Å²) >= 11 is 0. The third-order valence-corrected chi connectivity index (χ3v) is 4.85. The molecule has 4 heteroatoms. The van der Waals surface area contributed by atoms with Crippen LogP contribution in [0.1, 0.15) is 50.8 Å². The Kier molecular flexibility index (Phi) is 4.06. The summed E-state index contributed by atoms with van der Waals surface area (Å²) < 4.78 is 1.97. The smallest absolute Gasteiger partial charge is 0.0820 e. The van der Waals surface area contributed by atoms with E-state index in [0.717, 1.165) is 11.4 Å². The fourth-order valence-electron chi connectivity index (χ4n) is 3.71. The summed E-state index contributed by atoms with van der Waals surface area (Å²) in [6, 6.07) is 10.5. The number of benzene rings is 1. The standard InChI is InChI=1S/C17H24N4/c1-17(11-7-4-8-12-17)16(18-2)15-13-19-20-21(15)14-9-5-3-6-10-14/h3,5-6,9-10,13,16,18H,4,7-8,11-12H2,1-2H3. The third kappa shape index (κ3) is 2.72. The van der Waals surface area contributed by atoms with Gasteiger partial charge in [0.2, 0.25) is 0 Å². The second-order valence-corrected chi connectivity index (χ2v) is 6.34. The van der Waals surface area contributed by atoms with Gasteiger partial charge in [0.05, 0.1) is 23.6 Å². The molecular weight excluding hydrogens is 260 g/mol. The van der Waals surface area contributed by atoms with Crippen molar-refractivity contribution >= 4 is 0 Å². The van der Waals surface area contributed by atoms with Gasteiger partial charge in [-0.05, 0) is 37.4 Å². The van der Waals surface area contributed by atoms with Crippen LogP contribution in [0.25, 0.3) is 5.69 Å². The summed E-state index contributed by atoms with van der Waals surface area (Å²) in [5, 5.41) is 12.0. The Morgan fingerprint density at radius 3 is 2.52 bits per heavy atom. The van der Waals surface area contributed by atoms with Crippen molar-refractivity contribution in [2.45, 2.75) is 45.1 Å². The van der Waals surface area contributed by atoms with E-state index in [2.05, 4.69) is 34.7 Å². The predicted molar refractivity (Wildman–Crippen MR) is 84.4 cm³/mol. The highest BCUT2D eigenvalue weighted by Gasteiger charge is 2.37. The molecule has 1 unspecified atom stereocenters. The van der Waals surface area contributed by atoms with Crippen molar-refractivity contribution in [2.75, 3.05) is 7.05 Å². The molecule has 1 fully saturated rings. The largest absolute Gasteiger partial charge is 0.311 e. The van der Waals surface area contributed by atoms with Crippen LogP contribution in [0, 0.1) is 5.41 Å². The normalized spacial score (nSPS) is 19.3. The zero-order valence-corrected chi connectivity index (χ0v) is 12.9. The SMILES string of the molecule is CNC(c1cnnn1-c1ccccc1)C1(C)CCCCC1. The lowest BCUT2D eigenvalue weighted by atomic mass is 9.69. The van der Waals surface area contributed by atoms with E-state index in [1.807, 2.05) is 36.1 Å². The van der Waals surface area contributed by atoms with E-state index < -0.39 is 0 Å². The van der Waals surface area contributed by atoms with Crippen molar-refractivity contribution < 1.29 is 0 Å². The Balaban J connectivity index is 1.97. The minimum absolute atomic E-state index is 0.279. The number of nitrogens with zero attached hydrogens (tertiary/aromatic N) is 3. The first kappa shape index (κ1) is 14.3. The maximum absolute atomic E-state index is 4.31. The second kappa shape index (κ2) is 5.98. The average molecular weight is 284 g/mol. The van der Waals surface area contributed by atoms with Crippen LogP contribution >= 0.6 is 0 Å². The molecule has 1 atom stereocenters. The molecular formula is C17H24N4. The lowest BCUT2D eigenvalue weighted by Crippen LogP contribution is -2.37. The van der Waals surface area contributed by atoms with Crippen LogP contribution in [0.15, 0.2) is 36.5 Å². The van der Waals surface area contributed by atoms with Gasteiger partial charge in [-0.1, -0.05) is 49.6 Å². The molecule has 1 N–H and O–H groups in total. The van der Waals surface area contributed by atoms with Gasteiger partial charge in [-0.15, -0.1) is 5.10 Å². The number of aromatic nitrogens is 3. The number of hydrogen-bond donors (Lipinski definition) is 1. The number of rotatable bonds is 4. The van der Waals surface area contributed by atoms with E-state index in [0.29, 0.717) is 0 Å². The number of nitrogens with one attached hydrogen (secondary N) is 1. The molecule has 1 aromatic carbocycles. The molecule has 2 aromatic rings.